The van der Waals surface area contributed by atoms with Crippen molar-refractivity contribution >= 4 is 5.78 Å². The first-order valence-corrected chi connectivity index (χ1v) is 13.5. The number of Topliss-reactive ketones (excluding diaryl/α,β-unsaturated/α-hetero) is 1. The van der Waals surface area contributed by atoms with E-state index >= 15 is 0 Å². The van der Waals surface area contributed by atoms with E-state index in [-0.39, 0.29) is 23.2 Å². The highest BCUT2D eigenvalue weighted by Crippen LogP contribution is 2.44. The summed E-state index contributed by atoms with van der Waals surface area (Å²) >= 11 is 0. The van der Waals surface area contributed by atoms with Crippen LogP contribution in [0, 0.1) is 11.7 Å². The molecule has 1 atom stereocenters. The number of hydroxylamine groups is 1. The first kappa shape index (κ1) is 23.7. The van der Waals surface area contributed by atoms with Gasteiger partial charge in [0.05, 0.1) is 24.6 Å². The molecule has 2 aromatic rings. The van der Waals surface area contributed by atoms with Crippen LogP contribution in [-0.4, -0.2) is 42.5 Å². The predicted molar refractivity (Wildman–Crippen MR) is 134 cm³/mol. The van der Waals surface area contributed by atoms with Gasteiger partial charge in [-0.1, -0.05) is 6.07 Å². The van der Waals surface area contributed by atoms with Crippen molar-refractivity contribution in [3.8, 4) is 17.2 Å². The molecule has 0 aromatic heterocycles. The fraction of sp³-hybridized carbons (Fsp3) is 0.552. The fourth-order valence-electron chi connectivity index (χ4n) is 6.39. The Bertz CT molecular complexity index is 1110. The van der Waals surface area contributed by atoms with Crippen LogP contribution in [0.25, 0.3) is 0 Å². The quantitative estimate of drug-likeness (QED) is 0.505. The van der Waals surface area contributed by atoms with Crippen LogP contribution >= 0.6 is 0 Å². The number of carbonyl (C=O) groups is 1. The van der Waals surface area contributed by atoms with E-state index in [1.54, 1.807) is 0 Å². The highest BCUT2D eigenvalue weighted by atomic mass is 19.1. The molecule has 1 saturated carbocycles. The number of ketones is 1. The highest BCUT2D eigenvalue weighted by molar-refractivity contribution is 6.00. The van der Waals surface area contributed by atoms with E-state index in [1.807, 2.05) is 24.3 Å². The molecule has 1 aliphatic carbocycles. The van der Waals surface area contributed by atoms with Crippen molar-refractivity contribution in [2.75, 3.05) is 26.2 Å². The Morgan fingerprint density at radius 2 is 1.89 bits per heavy atom. The van der Waals surface area contributed by atoms with Crippen molar-refractivity contribution in [1.29, 1.82) is 0 Å². The van der Waals surface area contributed by atoms with Gasteiger partial charge in [-0.25, -0.2) is 4.39 Å². The Kier molecular flexibility index (Phi) is 6.61. The first-order valence-electron chi connectivity index (χ1n) is 13.5. The zero-order valence-corrected chi connectivity index (χ0v) is 20.8. The number of hydrogen-bond acceptors (Lipinski definition) is 6. The van der Waals surface area contributed by atoms with E-state index in [0.717, 1.165) is 82.3 Å². The lowest BCUT2D eigenvalue weighted by atomic mass is 9.86. The van der Waals surface area contributed by atoms with Crippen molar-refractivity contribution in [3.05, 3.63) is 53.3 Å². The van der Waals surface area contributed by atoms with Crippen LogP contribution in [0.5, 0.6) is 17.2 Å². The van der Waals surface area contributed by atoms with Crippen LogP contribution < -0.4 is 19.8 Å². The summed E-state index contributed by atoms with van der Waals surface area (Å²) in [7, 11) is 0. The lowest BCUT2D eigenvalue weighted by Crippen LogP contribution is -2.39. The Morgan fingerprint density at radius 3 is 2.72 bits per heavy atom. The molecule has 0 amide bonds. The van der Waals surface area contributed by atoms with Gasteiger partial charge in [0.25, 0.3) is 0 Å². The zero-order chi connectivity index (χ0) is 24.5. The van der Waals surface area contributed by atoms with Crippen molar-refractivity contribution < 1.29 is 23.5 Å². The third kappa shape index (κ3) is 4.83. The molecule has 6 nitrogen and oxygen atoms in total. The fourth-order valence-corrected chi connectivity index (χ4v) is 6.39. The van der Waals surface area contributed by atoms with Crippen molar-refractivity contribution in [1.82, 2.24) is 10.4 Å². The summed E-state index contributed by atoms with van der Waals surface area (Å²) in [5, 5.41) is 0. The number of likely N-dealkylation sites (tertiary alicyclic amines) is 1. The molecule has 3 aliphatic heterocycles. The van der Waals surface area contributed by atoms with E-state index in [9.17, 15) is 9.18 Å². The summed E-state index contributed by atoms with van der Waals surface area (Å²) in [5.74, 6) is 2.54. The van der Waals surface area contributed by atoms with E-state index < -0.39 is 0 Å². The molecule has 1 saturated heterocycles. The molecule has 7 heteroatoms. The third-order valence-corrected chi connectivity index (χ3v) is 8.43. The van der Waals surface area contributed by atoms with Crippen LogP contribution in [0.1, 0.15) is 79.8 Å². The van der Waals surface area contributed by atoms with Gasteiger partial charge < -0.3 is 19.2 Å². The van der Waals surface area contributed by atoms with Crippen LogP contribution in [0.3, 0.4) is 0 Å². The van der Waals surface area contributed by atoms with Crippen molar-refractivity contribution in [2.45, 2.75) is 69.4 Å². The van der Waals surface area contributed by atoms with E-state index in [2.05, 4.69) is 10.4 Å². The topological polar surface area (TPSA) is 60.0 Å². The van der Waals surface area contributed by atoms with Crippen LogP contribution in [0.2, 0.25) is 0 Å². The smallest absolute Gasteiger partial charge is 0.170 e. The minimum absolute atomic E-state index is 0.149. The number of fused-ring (bicyclic) bond motifs is 2. The SMILES string of the molecule is O=C1CC2(CCCC2)Oc2cc(OCCCCN3CCC(C4NOc5cc(F)ccc54)CC3)ccc21. The van der Waals surface area contributed by atoms with Gasteiger partial charge in [-0.05, 0) is 95.1 Å². The number of hydrogen-bond donors (Lipinski definition) is 1. The number of nitrogens with zero attached hydrogens (tertiary/aromatic N) is 1. The summed E-state index contributed by atoms with van der Waals surface area (Å²) in [5.41, 5.74) is 4.60. The number of halogens is 1. The molecule has 2 fully saturated rings. The summed E-state index contributed by atoms with van der Waals surface area (Å²) < 4.78 is 25.8. The lowest BCUT2D eigenvalue weighted by molar-refractivity contribution is 0.0448. The molecule has 4 aliphatic rings. The van der Waals surface area contributed by atoms with E-state index in [1.165, 1.54) is 12.1 Å². The number of piperidine rings is 1. The number of carbonyl (C=O) groups excluding carboxylic acids is 1. The highest BCUT2D eigenvalue weighted by Gasteiger charge is 2.42. The monoisotopic (exact) mass is 494 g/mol. The van der Waals surface area contributed by atoms with Gasteiger partial charge in [0.2, 0.25) is 0 Å². The molecule has 192 valence electrons. The largest absolute Gasteiger partial charge is 0.493 e. The van der Waals surface area contributed by atoms with Crippen LogP contribution in [-0.2, 0) is 0 Å². The average molecular weight is 495 g/mol. The number of benzene rings is 2. The van der Waals surface area contributed by atoms with Crippen LogP contribution in [0.15, 0.2) is 36.4 Å². The average Bonchev–Trinajstić information content (AvgIpc) is 3.50. The normalized spacial score (nSPS) is 23.2. The first-order chi connectivity index (χ1) is 17.6. The molecule has 1 unspecified atom stereocenters. The Hall–Kier alpha value is -2.64. The van der Waals surface area contributed by atoms with Gasteiger partial charge in [0.15, 0.2) is 11.5 Å². The Balaban J connectivity index is 0.926. The van der Waals surface area contributed by atoms with E-state index in [0.29, 0.717) is 36.0 Å². The second-order valence-corrected chi connectivity index (χ2v) is 10.9. The zero-order valence-electron chi connectivity index (χ0n) is 20.8. The molecular weight excluding hydrogens is 459 g/mol. The number of nitrogens with one attached hydrogen (secondary N) is 1. The third-order valence-electron chi connectivity index (χ3n) is 8.43. The second-order valence-electron chi connectivity index (χ2n) is 10.9. The number of rotatable bonds is 7. The van der Waals surface area contributed by atoms with Gasteiger partial charge in [-0.2, -0.15) is 0 Å². The summed E-state index contributed by atoms with van der Waals surface area (Å²) in [6, 6.07) is 10.6. The molecular formula is C29H35FN2O4. The predicted octanol–water partition coefficient (Wildman–Crippen LogP) is 5.61. The van der Waals surface area contributed by atoms with Crippen molar-refractivity contribution in [3.63, 3.8) is 0 Å². The molecule has 1 N–H and O–H groups in total. The summed E-state index contributed by atoms with van der Waals surface area (Å²) in [6.45, 7) is 3.86. The molecule has 3 heterocycles. The Morgan fingerprint density at radius 1 is 1.06 bits per heavy atom. The van der Waals surface area contributed by atoms with E-state index in [4.69, 9.17) is 14.3 Å². The lowest BCUT2D eigenvalue weighted by Gasteiger charge is -2.34. The van der Waals surface area contributed by atoms with Gasteiger partial charge in [-0.15, -0.1) is 5.48 Å². The maximum Gasteiger partial charge on any atom is 0.170 e. The summed E-state index contributed by atoms with van der Waals surface area (Å²) in [4.78, 5) is 20.7. The van der Waals surface area contributed by atoms with Gasteiger partial charge >= 0.3 is 0 Å². The van der Waals surface area contributed by atoms with Gasteiger partial charge in [0, 0.05) is 17.7 Å². The Labute approximate surface area is 212 Å². The maximum atomic E-state index is 13.4. The molecule has 6 rings (SSSR count). The molecule has 2 aromatic carbocycles. The number of ether oxygens (including phenoxy) is 2. The van der Waals surface area contributed by atoms with Gasteiger partial charge in [-0.3, -0.25) is 4.79 Å². The maximum absolute atomic E-state index is 13.4. The summed E-state index contributed by atoms with van der Waals surface area (Å²) in [6.07, 6.45) is 8.99. The molecule has 36 heavy (non-hydrogen) atoms. The van der Waals surface area contributed by atoms with Crippen LogP contribution in [0.4, 0.5) is 4.39 Å². The second kappa shape index (κ2) is 10.0. The van der Waals surface area contributed by atoms with Crippen molar-refractivity contribution in [2.24, 2.45) is 5.92 Å². The molecule has 0 bridgehead atoms. The number of unbranched alkanes of at least 4 members (excludes halogenated alkanes) is 1. The molecule has 0 radical (unpaired) electrons. The standard InChI is InChI=1S/C29H35FN2O4/c30-21-5-7-24-27(17-21)36-31-28(24)20-9-14-32(15-10-20)13-3-4-16-34-22-6-8-23-25(33)19-29(11-1-2-12-29)35-26(23)18-22/h5-8,17-18,20,28,31H,1-4,9-16,19H2. The minimum Gasteiger partial charge on any atom is -0.493 e. The minimum atomic E-state index is -0.279. The molecule has 1 spiro atoms. The van der Waals surface area contributed by atoms with Gasteiger partial charge in [0.1, 0.15) is 22.9 Å².